The lowest BCUT2D eigenvalue weighted by Crippen LogP contribution is -2.35. The Labute approximate surface area is 272 Å². The maximum absolute atomic E-state index is 12.6. The fourth-order valence-corrected chi connectivity index (χ4v) is 6.32. The Morgan fingerprint density at radius 2 is 1.27 bits per heavy atom. The summed E-state index contributed by atoms with van der Waals surface area (Å²) in [5, 5.41) is 0. The van der Waals surface area contributed by atoms with Crippen molar-refractivity contribution in [3.8, 4) is 0 Å². The van der Waals surface area contributed by atoms with E-state index in [0.29, 0.717) is 12.5 Å². The van der Waals surface area contributed by atoms with Crippen LogP contribution in [0.1, 0.15) is 175 Å². The third kappa shape index (κ3) is 24.7. The van der Waals surface area contributed by atoms with Gasteiger partial charge in [0.15, 0.2) is 0 Å². The van der Waals surface area contributed by atoms with E-state index in [0.717, 1.165) is 70.9 Å². The van der Waals surface area contributed by atoms with Crippen molar-refractivity contribution >= 4 is 12.1 Å². The van der Waals surface area contributed by atoms with Gasteiger partial charge in [0.05, 0.1) is 6.61 Å². The Morgan fingerprint density at radius 3 is 1.86 bits per heavy atom. The third-order valence-corrected chi connectivity index (χ3v) is 8.98. The molecule has 6 heteroatoms. The first-order valence-electron chi connectivity index (χ1n) is 18.8. The van der Waals surface area contributed by atoms with Gasteiger partial charge in [0.1, 0.15) is 12.2 Å². The van der Waals surface area contributed by atoms with Gasteiger partial charge in [-0.1, -0.05) is 109 Å². The fraction of sp³-hybridized carbons (Fsp3) is 0.895. The highest BCUT2D eigenvalue weighted by molar-refractivity contribution is 5.66. The lowest BCUT2D eigenvalue weighted by molar-refractivity contribution is -0.146. The zero-order valence-electron chi connectivity index (χ0n) is 29.5. The zero-order chi connectivity index (χ0) is 32.1. The van der Waals surface area contributed by atoms with Crippen LogP contribution in [-0.2, 0) is 19.0 Å². The summed E-state index contributed by atoms with van der Waals surface area (Å²) >= 11 is 0. The van der Waals surface area contributed by atoms with E-state index in [1.807, 2.05) is 0 Å². The van der Waals surface area contributed by atoms with E-state index in [4.69, 9.17) is 14.2 Å². The predicted molar refractivity (Wildman–Crippen MR) is 184 cm³/mol. The van der Waals surface area contributed by atoms with Crippen molar-refractivity contribution in [2.24, 2.45) is 5.92 Å². The van der Waals surface area contributed by atoms with Gasteiger partial charge in [-0.3, -0.25) is 4.79 Å². The first kappa shape index (κ1) is 40.5. The number of hydrogen-bond donors (Lipinski definition) is 0. The molecule has 0 aromatic heterocycles. The zero-order valence-corrected chi connectivity index (χ0v) is 29.5. The quantitative estimate of drug-likeness (QED) is 0.0492. The molecule has 44 heavy (non-hydrogen) atoms. The summed E-state index contributed by atoms with van der Waals surface area (Å²) in [4.78, 5) is 26.3. The van der Waals surface area contributed by atoms with Gasteiger partial charge in [-0.2, -0.15) is 0 Å². The standard InChI is InChI=1S/C38H71NO5/c1-5-7-9-11-12-15-19-23-29-37(44-38(41)42-33-35-26-25-31-39(4)32-35)30-24-20-17-14-13-16-18-22-28-36(43-34(3)40)27-21-10-8-6-2/h18,22,35-37H,5-17,19-21,23-33H2,1-4H3. The molecule has 3 unspecified atom stereocenters. The van der Waals surface area contributed by atoms with Gasteiger partial charge >= 0.3 is 12.1 Å². The van der Waals surface area contributed by atoms with E-state index in [1.165, 1.54) is 103 Å². The molecule has 1 heterocycles. The molecule has 0 bridgehead atoms. The Kier molecular flexibility index (Phi) is 26.6. The topological polar surface area (TPSA) is 65.1 Å². The maximum Gasteiger partial charge on any atom is 0.508 e. The first-order chi connectivity index (χ1) is 21.4. The molecule has 0 radical (unpaired) electrons. The minimum atomic E-state index is -0.466. The van der Waals surface area contributed by atoms with Gasteiger partial charge < -0.3 is 19.1 Å². The van der Waals surface area contributed by atoms with E-state index in [1.54, 1.807) is 0 Å². The Balaban J connectivity index is 2.27. The van der Waals surface area contributed by atoms with Gasteiger partial charge in [-0.15, -0.1) is 0 Å². The van der Waals surface area contributed by atoms with Crippen molar-refractivity contribution in [1.82, 2.24) is 4.90 Å². The van der Waals surface area contributed by atoms with Gasteiger partial charge in [0, 0.05) is 25.8 Å². The van der Waals surface area contributed by atoms with Crippen LogP contribution in [0.5, 0.6) is 0 Å². The van der Waals surface area contributed by atoms with E-state index < -0.39 is 6.16 Å². The summed E-state index contributed by atoms with van der Waals surface area (Å²) in [7, 11) is 2.14. The number of ether oxygens (including phenoxy) is 3. The van der Waals surface area contributed by atoms with Crippen LogP contribution in [0.25, 0.3) is 0 Å². The molecule has 6 nitrogen and oxygen atoms in total. The number of hydrogen-bond acceptors (Lipinski definition) is 6. The monoisotopic (exact) mass is 622 g/mol. The number of piperidine rings is 1. The molecule has 1 aliphatic heterocycles. The molecular formula is C38H71NO5. The van der Waals surface area contributed by atoms with Crippen LogP contribution in [0, 0.1) is 5.92 Å². The summed E-state index contributed by atoms with van der Waals surface area (Å²) in [6.07, 6.45) is 32.1. The molecule has 0 aromatic rings. The molecule has 0 aliphatic carbocycles. The van der Waals surface area contributed by atoms with Gasteiger partial charge in [-0.25, -0.2) is 4.79 Å². The minimum Gasteiger partial charge on any atom is -0.462 e. The summed E-state index contributed by atoms with van der Waals surface area (Å²) in [5.74, 6) is 0.252. The number of allylic oxidation sites excluding steroid dienone is 1. The van der Waals surface area contributed by atoms with Crippen molar-refractivity contribution in [1.29, 1.82) is 0 Å². The molecule has 0 amide bonds. The molecule has 0 aromatic carbocycles. The van der Waals surface area contributed by atoms with Crippen LogP contribution < -0.4 is 0 Å². The van der Waals surface area contributed by atoms with E-state index in [-0.39, 0.29) is 18.2 Å². The van der Waals surface area contributed by atoms with Crippen molar-refractivity contribution < 1.29 is 23.8 Å². The Hall–Kier alpha value is -1.56. The minimum absolute atomic E-state index is 0.0211. The third-order valence-electron chi connectivity index (χ3n) is 8.98. The lowest BCUT2D eigenvalue weighted by Gasteiger charge is -2.29. The van der Waals surface area contributed by atoms with Crippen molar-refractivity contribution in [2.45, 2.75) is 187 Å². The van der Waals surface area contributed by atoms with Crippen molar-refractivity contribution in [3.05, 3.63) is 12.2 Å². The SMILES string of the molecule is CCCCCCCCCCC(CCCCCCCC=CCC(CCCCCC)OC(C)=O)OC(=O)OCC1CCCN(C)C1. The lowest BCUT2D eigenvalue weighted by atomic mass is 10.00. The highest BCUT2D eigenvalue weighted by Crippen LogP contribution is 2.20. The fourth-order valence-electron chi connectivity index (χ4n) is 6.32. The normalized spacial score (nSPS) is 17.0. The Bertz CT molecular complexity index is 711. The van der Waals surface area contributed by atoms with Crippen LogP contribution in [0.3, 0.4) is 0 Å². The van der Waals surface area contributed by atoms with Gasteiger partial charge in [0.2, 0.25) is 0 Å². The number of carbonyl (C=O) groups excluding carboxylic acids is 2. The molecule has 0 saturated carbocycles. The van der Waals surface area contributed by atoms with Gasteiger partial charge in [-0.05, 0) is 77.8 Å². The number of unbranched alkanes of at least 4 members (excludes halogenated alkanes) is 15. The molecule has 258 valence electrons. The average Bonchev–Trinajstić information content (AvgIpc) is 2.99. The van der Waals surface area contributed by atoms with Crippen LogP contribution in [-0.4, -0.2) is 56.0 Å². The summed E-state index contributed by atoms with van der Waals surface area (Å²) in [5.41, 5.74) is 0. The number of carbonyl (C=O) groups is 2. The van der Waals surface area contributed by atoms with Crippen molar-refractivity contribution in [3.63, 3.8) is 0 Å². The predicted octanol–water partition coefficient (Wildman–Crippen LogP) is 11.0. The number of nitrogens with zero attached hydrogens (tertiary/aromatic N) is 1. The van der Waals surface area contributed by atoms with Crippen LogP contribution in [0.4, 0.5) is 4.79 Å². The van der Waals surface area contributed by atoms with E-state index in [2.05, 4.69) is 37.9 Å². The highest BCUT2D eigenvalue weighted by atomic mass is 16.7. The molecular weight excluding hydrogens is 550 g/mol. The summed E-state index contributed by atoms with van der Waals surface area (Å²) in [6, 6.07) is 0. The van der Waals surface area contributed by atoms with E-state index >= 15 is 0 Å². The van der Waals surface area contributed by atoms with Gasteiger partial charge in [0.25, 0.3) is 0 Å². The molecule has 1 aliphatic rings. The largest absolute Gasteiger partial charge is 0.508 e. The summed E-state index contributed by atoms with van der Waals surface area (Å²) in [6.45, 7) is 8.60. The second-order valence-electron chi connectivity index (χ2n) is 13.5. The average molecular weight is 622 g/mol. The van der Waals surface area contributed by atoms with Crippen LogP contribution in [0.2, 0.25) is 0 Å². The van der Waals surface area contributed by atoms with Crippen LogP contribution in [0.15, 0.2) is 12.2 Å². The number of likely N-dealkylation sites (tertiary alicyclic amines) is 1. The highest BCUT2D eigenvalue weighted by Gasteiger charge is 2.21. The Morgan fingerprint density at radius 1 is 0.727 bits per heavy atom. The molecule has 3 atom stereocenters. The smallest absolute Gasteiger partial charge is 0.462 e. The van der Waals surface area contributed by atoms with Crippen molar-refractivity contribution in [2.75, 3.05) is 26.7 Å². The molecule has 1 rings (SSSR count). The van der Waals surface area contributed by atoms with E-state index in [9.17, 15) is 9.59 Å². The number of rotatable bonds is 28. The first-order valence-corrected chi connectivity index (χ1v) is 18.8. The second-order valence-corrected chi connectivity index (χ2v) is 13.5. The second kappa shape index (κ2) is 28.9. The molecule has 0 spiro atoms. The molecule has 1 fully saturated rings. The maximum atomic E-state index is 12.6. The molecule has 1 saturated heterocycles. The summed E-state index contributed by atoms with van der Waals surface area (Å²) < 4.78 is 17.0. The molecule has 0 N–H and O–H groups in total. The van der Waals surface area contributed by atoms with Crippen LogP contribution >= 0.6 is 0 Å². The number of esters is 1.